The number of halogens is 1. The van der Waals surface area contributed by atoms with Crippen LogP contribution in [-0.2, 0) is 15.0 Å². The number of carbonyl (C=O) groups excluding carboxylic acids is 1. The Morgan fingerprint density at radius 3 is 2.36 bits per heavy atom. The number of hydrazone groups is 1. The van der Waals surface area contributed by atoms with E-state index < -0.39 is 5.60 Å². The van der Waals surface area contributed by atoms with Crippen LogP contribution in [0, 0.1) is 0 Å². The second-order valence-electron chi connectivity index (χ2n) is 10.4. The van der Waals surface area contributed by atoms with E-state index in [4.69, 9.17) is 19.6 Å². The largest absolute Gasteiger partial charge is 0.493 e. The van der Waals surface area contributed by atoms with Crippen molar-refractivity contribution in [1.82, 2.24) is 10.3 Å². The van der Waals surface area contributed by atoms with Crippen molar-refractivity contribution in [2.24, 2.45) is 10.1 Å². The third-order valence-electron chi connectivity index (χ3n) is 6.83. The standard InChI is InChI=1S/C28H31BrN4O3/c1-27(2,3)36-26(34)31-28(15-8-16-28)20-13-11-18(12-14-20)23-24(19-9-6-5-7-10-19)33-25(30-23)21(35-4)17-22(29)32-33/h5-7,9-14,17,23-24H,8,15-16H2,1-4H3,(H,31,34). The number of fused-ring (bicyclic) bond motifs is 1. The van der Waals surface area contributed by atoms with Gasteiger partial charge in [0.2, 0.25) is 0 Å². The smallest absolute Gasteiger partial charge is 0.408 e. The average molecular weight is 551 g/mol. The van der Waals surface area contributed by atoms with Crippen LogP contribution in [-0.4, -0.2) is 34.3 Å². The highest BCUT2D eigenvalue weighted by Gasteiger charge is 2.43. The van der Waals surface area contributed by atoms with Gasteiger partial charge in [-0.3, -0.25) is 4.99 Å². The van der Waals surface area contributed by atoms with E-state index in [1.807, 2.05) is 50.1 Å². The molecule has 36 heavy (non-hydrogen) atoms. The van der Waals surface area contributed by atoms with Crippen molar-refractivity contribution < 1.29 is 14.3 Å². The predicted octanol–water partition coefficient (Wildman–Crippen LogP) is 6.34. The zero-order valence-electron chi connectivity index (χ0n) is 21.0. The van der Waals surface area contributed by atoms with Crippen LogP contribution in [0.1, 0.15) is 68.8 Å². The lowest BCUT2D eigenvalue weighted by molar-refractivity contribution is 0.0377. The summed E-state index contributed by atoms with van der Waals surface area (Å²) < 4.78 is 11.9. The van der Waals surface area contributed by atoms with E-state index in [1.165, 1.54) is 0 Å². The Morgan fingerprint density at radius 1 is 1.08 bits per heavy atom. The first-order valence-electron chi connectivity index (χ1n) is 12.2. The quantitative estimate of drug-likeness (QED) is 0.471. The number of carbonyl (C=O) groups is 1. The molecule has 2 unspecified atom stereocenters. The molecular weight excluding hydrogens is 520 g/mol. The van der Waals surface area contributed by atoms with Crippen LogP contribution in [0.3, 0.4) is 0 Å². The summed E-state index contributed by atoms with van der Waals surface area (Å²) in [6.07, 6.45) is 4.31. The summed E-state index contributed by atoms with van der Waals surface area (Å²) in [5.41, 5.74) is 2.35. The maximum Gasteiger partial charge on any atom is 0.408 e. The van der Waals surface area contributed by atoms with Gasteiger partial charge in [0, 0.05) is 6.08 Å². The maximum atomic E-state index is 12.6. The van der Waals surface area contributed by atoms with Crippen molar-refractivity contribution in [2.75, 3.05) is 7.11 Å². The van der Waals surface area contributed by atoms with Gasteiger partial charge in [-0.1, -0.05) is 54.6 Å². The van der Waals surface area contributed by atoms with Crippen LogP contribution in [0.2, 0.25) is 0 Å². The molecule has 3 aliphatic rings. The highest BCUT2D eigenvalue weighted by molar-refractivity contribution is 9.18. The molecule has 1 fully saturated rings. The van der Waals surface area contributed by atoms with Crippen LogP contribution in [0.25, 0.3) is 0 Å². The first-order valence-corrected chi connectivity index (χ1v) is 13.0. The average Bonchev–Trinajstić information content (AvgIpc) is 3.19. The minimum Gasteiger partial charge on any atom is -0.493 e. The summed E-state index contributed by atoms with van der Waals surface area (Å²) in [7, 11) is 1.65. The lowest BCUT2D eigenvalue weighted by Crippen LogP contribution is -2.52. The Balaban J connectivity index is 1.46. The Labute approximate surface area is 220 Å². The SMILES string of the molecule is COC1=CC(Br)=NN2C1=NC(c1ccc(C3(NC(=O)OC(C)(C)C)CCC3)cc1)C2c1ccccc1. The molecule has 1 aliphatic carbocycles. The molecule has 1 saturated carbocycles. The van der Waals surface area contributed by atoms with Crippen LogP contribution < -0.4 is 5.32 Å². The van der Waals surface area contributed by atoms with Crippen molar-refractivity contribution in [3.8, 4) is 0 Å². The Morgan fingerprint density at radius 2 is 1.78 bits per heavy atom. The number of rotatable bonds is 5. The number of amides is 1. The molecule has 0 saturated heterocycles. The molecule has 1 amide bonds. The summed E-state index contributed by atoms with van der Waals surface area (Å²) >= 11 is 3.52. The van der Waals surface area contributed by atoms with Gasteiger partial charge in [-0.2, -0.15) is 5.10 Å². The second kappa shape index (κ2) is 9.39. The molecule has 2 heterocycles. The number of allylic oxidation sites excluding steroid dienone is 1. The molecule has 5 rings (SSSR count). The van der Waals surface area contributed by atoms with Gasteiger partial charge in [0.05, 0.1) is 12.6 Å². The lowest BCUT2D eigenvalue weighted by atomic mass is 9.71. The van der Waals surface area contributed by atoms with Crippen molar-refractivity contribution in [3.63, 3.8) is 0 Å². The number of hydrogen-bond donors (Lipinski definition) is 1. The Hall–Kier alpha value is -3.13. The Bertz CT molecular complexity index is 1230. The fourth-order valence-corrected chi connectivity index (χ4v) is 5.39. The number of nitrogens with zero attached hydrogens (tertiary/aromatic N) is 3. The third-order valence-corrected chi connectivity index (χ3v) is 7.22. The summed E-state index contributed by atoms with van der Waals surface area (Å²) in [5.74, 6) is 1.39. The molecule has 2 aromatic rings. The summed E-state index contributed by atoms with van der Waals surface area (Å²) in [6.45, 7) is 5.63. The van der Waals surface area contributed by atoms with E-state index in [0.29, 0.717) is 16.2 Å². The van der Waals surface area contributed by atoms with E-state index in [9.17, 15) is 4.79 Å². The fourth-order valence-electron chi connectivity index (χ4n) is 5.01. The molecular formula is C28H31BrN4O3. The zero-order chi connectivity index (χ0) is 25.5. The van der Waals surface area contributed by atoms with Crippen molar-refractivity contribution in [3.05, 3.63) is 83.1 Å². The van der Waals surface area contributed by atoms with Gasteiger partial charge in [-0.25, -0.2) is 9.80 Å². The molecule has 2 atom stereocenters. The maximum absolute atomic E-state index is 12.6. The number of hydrogen-bond acceptors (Lipinski definition) is 6. The minimum atomic E-state index is -0.536. The molecule has 2 aromatic carbocycles. The van der Waals surface area contributed by atoms with Crippen LogP contribution in [0.5, 0.6) is 0 Å². The van der Waals surface area contributed by atoms with Gasteiger partial charge < -0.3 is 14.8 Å². The first kappa shape index (κ1) is 24.6. The molecule has 8 heteroatoms. The normalized spacial score (nSPS) is 22.5. The lowest BCUT2D eigenvalue weighted by Gasteiger charge is -2.43. The van der Waals surface area contributed by atoms with E-state index >= 15 is 0 Å². The van der Waals surface area contributed by atoms with Gasteiger partial charge >= 0.3 is 6.09 Å². The van der Waals surface area contributed by atoms with Gasteiger partial charge in [-0.15, -0.1) is 0 Å². The number of benzene rings is 2. The van der Waals surface area contributed by atoms with Crippen LogP contribution in [0.4, 0.5) is 4.79 Å². The Kier molecular flexibility index (Phi) is 6.41. The molecule has 188 valence electrons. The molecule has 0 bridgehead atoms. The number of aliphatic imine (C=N–C) groups is 1. The van der Waals surface area contributed by atoms with Crippen LogP contribution in [0.15, 0.2) is 76.5 Å². The molecule has 2 aliphatic heterocycles. The number of methoxy groups -OCH3 is 1. The van der Waals surface area contributed by atoms with Crippen molar-refractivity contribution >= 4 is 32.5 Å². The highest BCUT2D eigenvalue weighted by Crippen LogP contribution is 2.46. The minimum absolute atomic E-state index is 0.115. The molecule has 1 N–H and O–H groups in total. The monoisotopic (exact) mass is 550 g/mol. The zero-order valence-corrected chi connectivity index (χ0v) is 22.6. The van der Waals surface area contributed by atoms with Gasteiger partial charge in [0.15, 0.2) is 11.6 Å². The summed E-state index contributed by atoms with van der Waals surface area (Å²) in [4.78, 5) is 17.6. The van der Waals surface area contributed by atoms with Gasteiger partial charge in [0.25, 0.3) is 0 Å². The molecule has 0 radical (unpaired) electrons. The van der Waals surface area contributed by atoms with E-state index in [0.717, 1.165) is 36.0 Å². The van der Waals surface area contributed by atoms with E-state index in [2.05, 4.69) is 57.6 Å². The number of nitrogens with one attached hydrogen (secondary N) is 1. The third kappa shape index (κ3) is 4.66. The number of ether oxygens (including phenoxy) is 2. The van der Waals surface area contributed by atoms with Crippen molar-refractivity contribution in [1.29, 1.82) is 0 Å². The topological polar surface area (TPSA) is 75.5 Å². The van der Waals surface area contributed by atoms with E-state index in [1.54, 1.807) is 7.11 Å². The first-order chi connectivity index (χ1) is 17.2. The van der Waals surface area contributed by atoms with Crippen LogP contribution >= 0.6 is 15.9 Å². The second-order valence-corrected chi connectivity index (χ2v) is 11.2. The highest BCUT2D eigenvalue weighted by atomic mass is 79.9. The van der Waals surface area contributed by atoms with Gasteiger partial charge in [-0.05, 0) is 72.7 Å². The summed E-state index contributed by atoms with van der Waals surface area (Å²) in [6, 6.07) is 18.4. The molecule has 0 spiro atoms. The van der Waals surface area contributed by atoms with Crippen molar-refractivity contribution in [2.45, 2.75) is 63.3 Å². The number of amidine groups is 1. The predicted molar refractivity (Wildman–Crippen MR) is 144 cm³/mol. The number of alkyl carbamates (subject to hydrolysis) is 1. The molecule has 0 aromatic heterocycles. The summed E-state index contributed by atoms with van der Waals surface area (Å²) in [5, 5.41) is 9.82. The van der Waals surface area contributed by atoms with E-state index in [-0.39, 0.29) is 23.7 Å². The fraction of sp³-hybridized carbons (Fsp3) is 0.393. The van der Waals surface area contributed by atoms with Gasteiger partial charge in [0.1, 0.15) is 22.3 Å². The molecule has 7 nitrogen and oxygen atoms in total.